The van der Waals surface area contributed by atoms with E-state index in [2.05, 4.69) is 20.9 Å². The second-order valence-electron chi connectivity index (χ2n) is 4.90. The van der Waals surface area contributed by atoms with Gasteiger partial charge in [0.15, 0.2) is 0 Å². The quantitative estimate of drug-likeness (QED) is 0.922. The lowest BCUT2D eigenvalue weighted by Gasteiger charge is -2.25. The van der Waals surface area contributed by atoms with E-state index in [1.807, 2.05) is 18.2 Å². The normalized spacial score (nSPS) is 22.0. The molecule has 5 heteroatoms. The Morgan fingerprint density at radius 2 is 2.25 bits per heavy atom. The van der Waals surface area contributed by atoms with Crippen molar-refractivity contribution in [3.05, 3.63) is 48.4 Å². The van der Waals surface area contributed by atoms with Crippen LogP contribution in [0.4, 0.5) is 5.82 Å². The van der Waals surface area contributed by atoms with Crippen LogP contribution in [-0.2, 0) is 0 Å². The third-order valence-corrected chi connectivity index (χ3v) is 3.60. The van der Waals surface area contributed by atoms with Gasteiger partial charge in [0, 0.05) is 18.9 Å². The first-order chi connectivity index (χ1) is 9.78. The number of hydrogen-bond donors (Lipinski definition) is 1. The lowest BCUT2D eigenvalue weighted by molar-refractivity contribution is 0.194. The van der Waals surface area contributed by atoms with E-state index in [-0.39, 0.29) is 12.1 Å². The zero-order chi connectivity index (χ0) is 13.9. The Bertz CT molecular complexity index is 576. The number of aliphatic hydroxyl groups excluding tert-OH is 1. The number of hydrogen-bond acceptors (Lipinski definition) is 5. The topological polar surface area (TPSA) is 58.5 Å². The van der Waals surface area contributed by atoms with Crippen LogP contribution in [0.5, 0.6) is 5.75 Å². The molecule has 5 nitrogen and oxygen atoms in total. The van der Waals surface area contributed by atoms with Crippen molar-refractivity contribution in [1.29, 1.82) is 0 Å². The minimum Gasteiger partial charge on any atom is -0.497 e. The molecule has 1 saturated heterocycles. The van der Waals surface area contributed by atoms with E-state index >= 15 is 0 Å². The Morgan fingerprint density at radius 1 is 1.35 bits per heavy atom. The fourth-order valence-corrected chi connectivity index (χ4v) is 2.67. The van der Waals surface area contributed by atoms with E-state index in [4.69, 9.17) is 4.74 Å². The largest absolute Gasteiger partial charge is 0.497 e. The molecule has 2 heterocycles. The first kappa shape index (κ1) is 12.9. The van der Waals surface area contributed by atoms with Gasteiger partial charge in [0.25, 0.3) is 0 Å². The highest BCUT2D eigenvalue weighted by Gasteiger charge is 2.33. The number of aromatic nitrogens is 2. The summed E-state index contributed by atoms with van der Waals surface area (Å²) < 4.78 is 5.27. The average Bonchev–Trinajstić information content (AvgIpc) is 2.90. The lowest BCUT2D eigenvalue weighted by Crippen LogP contribution is -2.25. The molecule has 0 saturated carbocycles. The van der Waals surface area contributed by atoms with Crippen LogP contribution in [-0.4, -0.2) is 34.8 Å². The van der Waals surface area contributed by atoms with Crippen LogP contribution in [0, 0.1) is 0 Å². The van der Waals surface area contributed by atoms with Gasteiger partial charge in [-0.15, -0.1) is 0 Å². The van der Waals surface area contributed by atoms with Gasteiger partial charge in [-0.1, -0.05) is 12.1 Å². The molecule has 0 radical (unpaired) electrons. The summed E-state index contributed by atoms with van der Waals surface area (Å²) in [5.74, 6) is 1.61. The summed E-state index contributed by atoms with van der Waals surface area (Å²) in [4.78, 5) is 10.5. The lowest BCUT2D eigenvalue weighted by atomic mass is 10.0. The summed E-state index contributed by atoms with van der Waals surface area (Å²) in [6, 6.07) is 8.03. The van der Waals surface area contributed by atoms with Crippen LogP contribution < -0.4 is 9.64 Å². The molecule has 20 heavy (non-hydrogen) atoms. The van der Waals surface area contributed by atoms with Crippen molar-refractivity contribution in [2.24, 2.45) is 0 Å². The molecule has 1 aromatic carbocycles. The fourth-order valence-electron chi connectivity index (χ4n) is 2.67. The summed E-state index contributed by atoms with van der Waals surface area (Å²) in [6.45, 7) is 0.570. The third-order valence-electron chi connectivity index (χ3n) is 3.60. The fraction of sp³-hybridized carbons (Fsp3) is 0.333. The van der Waals surface area contributed by atoms with Crippen molar-refractivity contribution < 1.29 is 9.84 Å². The van der Waals surface area contributed by atoms with Gasteiger partial charge in [-0.2, -0.15) is 0 Å². The summed E-state index contributed by atoms with van der Waals surface area (Å²) in [5.41, 5.74) is 1.12. The van der Waals surface area contributed by atoms with Crippen molar-refractivity contribution in [2.45, 2.75) is 18.6 Å². The van der Waals surface area contributed by atoms with Crippen molar-refractivity contribution in [3.8, 4) is 5.75 Å². The predicted octanol–water partition coefficient (Wildman–Crippen LogP) is 1.80. The number of nitrogens with zero attached hydrogens (tertiary/aromatic N) is 3. The minimum absolute atomic E-state index is 0.0943. The van der Waals surface area contributed by atoms with Gasteiger partial charge in [-0.25, -0.2) is 4.98 Å². The molecule has 0 unspecified atom stereocenters. The Kier molecular flexibility index (Phi) is 3.52. The molecule has 0 amide bonds. The Balaban J connectivity index is 1.94. The second-order valence-corrected chi connectivity index (χ2v) is 4.90. The number of rotatable bonds is 3. The van der Waals surface area contributed by atoms with Crippen LogP contribution >= 0.6 is 0 Å². The molecule has 1 N–H and O–H groups in total. The van der Waals surface area contributed by atoms with E-state index in [1.165, 1.54) is 0 Å². The number of benzene rings is 1. The SMILES string of the molecule is COc1cccc([C@@H]2C[C@H](O)CN2c2cnccn2)c1. The monoisotopic (exact) mass is 271 g/mol. The van der Waals surface area contributed by atoms with Gasteiger partial charge in [-0.05, 0) is 24.1 Å². The Morgan fingerprint density at radius 3 is 3.00 bits per heavy atom. The highest BCUT2D eigenvalue weighted by molar-refractivity contribution is 5.44. The molecule has 1 aliphatic rings. The highest BCUT2D eigenvalue weighted by Crippen LogP contribution is 2.36. The van der Waals surface area contributed by atoms with Gasteiger partial charge in [0.05, 0.1) is 25.5 Å². The molecule has 1 fully saturated rings. The predicted molar refractivity (Wildman–Crippen MR) is 75.7 cm³/mol. The molecule has 0 spiro atoms. The third kappa shape index (κ3) is 2.44. The summed E-state index contributed by atoms with van der Waals surface area (Å²) >= 11 is 0. The standard InChI is InChI=1S/C15H17N3O2/c1-20-13-4-2-3-11(7-13)14-8-12(19)10-18(14)15-9-16-5-6-17-15/h2-7,9,12,14,19H,8,10H2,1H3/t12-,14-/m0/s1. The molecule has 0 aliphatic carbocycles. The van der Waals surface area contributed by atoms with Gasteiger partial charge in [0.1, 0.15) is 11.6 Å². The Labute approximate surface area is 117 Å². The smallest absolute Gasteiger partial charge is 0.147 e. The molecule has 104 valence electrons. The maximum atomic E-state index is 10.00. The Hall–Kier alpha value is -2.14. The molecule has 0 bridgehead atoms. The van der Waals surface area contributed by atoms with Crippen LogP contribution in [0.25, 0.3) is 0 Å². The maximum Gasteiger partial charge on any atom is 0.147 e. The van der Waals surface area contributed by atoms with E-state index in [0.29, 0.717) is 13.0 Å². The number of ether oxygens (including phenoxy) is 1. The molecular formula is C15H17N3O2. The zero-order valence-corrected chi connectivity index (χ0v) is 11.3. The van der Waals surface area contributed by atoms with Crippen molar-refractivity contribution >= 4 is 5.82 Å². The number of anilines is 1. The van der Waals surface area contributed by atoms with Crippen LogP contribution in [0.1, 0.15) is 18.0 Å². The van der Waals surface area contributed by atoms with Crippen LogP contribution in [0.2, 0.25) is 0 Å². The van der Waals surface area contributed by atoms with Crippen molar-refractivity contribution in [3.63, 3.8) is 0 Å². The zero-order valence-electron chi connectivity index (χ0n) is 11.3. The molecule has 2 atom stereocenters. The van der Waals surface area contributed by atoms with E-state index in [1.54, 1.807) is 25.7 Å². The van der Waals surface area contributed by atoms with E-state index in [9.17, 15) is 5.11 Å². The van der Waals surface area contributed by atoms with Crippen LogP contribution in [0.3, 0.4) is 0 Å². The summed E-state index contributed by atoms with van der Waals surface area (Å²) in [5, 5.41) is 10.00. The van der Waals surface area contributed by atoms with Gasteiger partial charge < -0.3 is 14.7 Å². The summed E-state index contributed by atoms with van der Waals surface area (Å²) in [6.07, 6.45) is 5.38. The molecular weight excluding hydrogens is 254 g/mol. The van der Waals surface area contributed by atoms with Gasteiger partial charge >= 0.3 is 0 Å². The average molecular weight is 271 g/mol. The first-order valence-electron chi connectivity index (χ1n) is 6.62. The van der Waals surface area contributed by atoms with Crippen molar-refractivity contribution in [1.82, 2.24) is 9.97 Å². The molecule has 1 aliphatic heterocycles. The second kappa shape index (κ2) is 5.46. The maximum absolute atomic E-state index is 10.00. The van der Waals surface area contributed by atoms with E-state index < -0.39 is 0 Å². The molecule has 2 aromatic rings. The van der Waals surface area contributed by atoms with Gasteiger partial charge in [0.2, 0.25) is 0 Å². The van der Waals surface area contributed by atoms with Gasteiger partial charge in [-0.3, -0.25) is 4.98 Å². The molecule has 1 aromatic heterocycles. The highest BCUT2D eigenvalue weighted by atomic mass is 16.5. The number of β-amino-alcohol motifs (C(OH)–C–C–N with tert-alkyl or cyclic N) is 1. The van der Waals surface area contributed by atoms with E-state index in [0.717, 1.165) is 17.1 Å². The number of aliphatic hydroxyl groups is 1. The van der Waals surface area contributed by atoms with Crippen LogP contribution in [0.15, 0.2) is 42.9 Å². The number of methoxy groups -OCH3 is 1. The minimum atomic E-state index is -0.354. The van der Waals surface area contributed by atoms with Crippen molar-refractivity contribution in [2.75, 3.05) is 18.6 Å². The first-order valence-corrected chi connectivity index (χ1v) is 6.62. The summed E-state index contributed by atoms with van der Waals surface area (Å²) in [7, 11) is 1.66. The molecule has 3 rings (SSSR count).